The minimum Gasteiger partial charge on any atom is -0.460 e. The number of carbonyl (C=O) groups is 1. The molecular weight excluding hydrogens is 352 g/mol. The van der Waals surface area contributed by atoms with Gasteiger partial charge in [0.25, 0.3) is 0 Å². The number of hydrogen-bond donors (Lipinski definition) is 0. The van der Waals surface area contributed by atoms with Crippen molar-refractivity contribution in [2.24, 2.45) is 0 Å². The molecule has 5 heteroatoms. The molecule has 0 amide bonds. The van der Waals surface area contributed by atoms with Crippen molar-refractivity contribution in [3.63, 3.8) is 0 Å². The third-order valence-electron chi connectivity index (χ3n) is 4.47. The molecular formula is C21H19ClO4. The summed E-state index contributed by atoms with van der Waals surface area (Å²) in [5.74, 6) is -0.372. The summed E-state index contributed by atoms with van der Waals surface area (Å²) in [6, 6.07) is 14.2. The molecule has 0 aliphatic heterocycles. The summed E-state index contributed by atoms with van der Waals surface area (Å²) in [4.78, 5) is 24.5. The first kappa shape index (κ1) is 18.2. The van der Waals surface area contributed by atoms with Gasteiger partial charge in [0.1, 0.15) is 12.2 Å². The molecule has 2 aromatic carbocycles. The fraction of sp³-hybridized carbons (Fsp3) is 0.238. The molecule has 0 radical (unpaired) electrons. The Morgan fingerprint density at radius 1 is 1.15 bits per heavy atom. The Morgan fingerprint density at radius 3 is 2.54 bits per heavy atom. The van der Waals surface area contributed by atoms with E-state index >= 15 is 0 Å². The Hall–Kier alpha value is -2.59. The summed E-state index contributed by atoms with van der Waals surface area (Å²) in [5.41, 5.74) is 1.36. The minimum atomic E-state index is -0.801. The summed E-state index contributed by atoms with van der Waals surface area (Å²) >= 11 is 6.19. The van der Waals surface area contributed by atoms with Crippen LogP contribution in [0.25, 0.3) is 11.0 Å². The zero-order chi connectivity index (χ0) is 18.9. The van der Waals surface area contributed by atoms with Crippen molar-refractivity contribution in [3.8, 4) is 0 Å². The van der Waals surface area contributed by atoms with Gasteiger partial charge in [0.2, 0.25) is 0 Å². The predicted octanol–water partition coefficient (Wildman–Crippen LogP) is 4.78. The maximum atomic E-state index is 12.6. The number of carbonyl (C=O) groups excluding carboxylic acids is 1. The molecule has 1 aromatic heterocycles. The van der Waals surface area contributed by atoms with E-state index in [9.17, 15) is 9.59 Å². The SMILES string of the molecule is Cc1cc2oc(=O)cc(COC(=O)C(C)(C)c3ccccc3)c2cc1Cl. The molecule has 0 bridgehead atoms. The van der Waals surface area contributed by atoms with Gasteiger partial charge in [0.05, 0.1) is 5.41 Å². The Bertz CT molecular complexity index is 1020. The smallest absolute Gasteiger partial charge is 0.336 e. The maximum Gasteiger partial charge on any atom is 0.336 e. The van der Waals surface area contributed by atoms with Crippen molar-refractivity contribution in [1.82, 2.24) is 0 Å². The van der Waals surface area contributed by atoms with Gasteiger partial charge in [-0.3, -0.25) is 4.79 Å². The molecule has 3 aromatic rings. The molecule has 4 nitrogen and oxygen atoms in total. The van der Waals surface area contributed by atoms with Crippen LogP contribution in [0.3, 0.4) is 0 Å². The molecule has 0 saturated heterocycles. The van der Waals surface area contributed by atoms with Crippen molar-refractivity contribution in [1.29, 1.82) is 0 Å². The zero-order valence-electron chi connectivity index (χ0n) is 14.8. The molecule has 0 fully saturated rings. The number of benzene rings is 2. The fourth-order valence-corrected chi connectivity index (χ4v) is 2.93. The Balaban J connectivity index is 1.89. The van der Waals surface area contributed by atoms with Crippen LogP contribution in [0.4, 0.5) is 0 Å². The molecule has 0 saturated carbocycles. The number of fused-ring (bicyclic) bond motifs is 1. The van der Waals surface area contributed by atoms with Gasteiger partial charge in [0, 0.05) is 22.0 Å². The van der Waals surface area contributed by atoms with Gasteiger partial charge in [-0.05, 0) is 44.0 Å². The summed E-state index contributed by atoms with van der Waals surface area (Å²) in [5, 5.41) is 1.22. The Kier molecular flexibility index (Phi) is 4.88. The van der Waals surface area contributed by atoms with Crippen molar-refractivity contribution >= 4 is 28.5 Å². The van der Waals surface area contributed by atoms with Gasteiger partial charge < -0.3 is 9.15 Å². The number of rotatable bonds is 4. The molecule has 0 aliphatic rings. The quantitative estimate of drug-likeness (QED) is 0.490. The first-order valence-electron chi connectivity index (χ1n) is 8.24. The molecule has 1 heterocycles. The van der Waals surface area contributed by atoms with Crippen LogP contribution in [0, 0.1) is 6.92 Å². The monoisotopic (exact) mass is 370 g/mol. The second-order valence-electron chi connectivity index (χ2n) is 6.76. The van der Waals surface area contributed by atoms with Crippen LogP contribution < -0.4 is 5.63 Å². The molecule has 0 aliphatic carbocycles. The molecule has 0 N–H and O–H groups in total. The Labute approximate surface area is 156 Å². The highest BCUT2D eigenvalue weighted by atomic mass is 35.5. The summed E-state index contributed by atoms with van der Waals surface area (Å²) in [7, 11) is 0. The second-order valence-corrected chi connectivity index (χ2v) is 7.16. The lowest BCUT2D eigenvalue weighted by Crippen LogP contribution is -2.31. The average Bonchev–Trinajstić information content (AvgIpc) is 2.61. The molecule has 0 unspecified atom stereocenters. The van der Waals surface area contributed by atoms with Crippen LogP contribution in [0.15, 0.2) is 57.7 Å². The molecule has 0 spiro atoms. The van der Waals surface area contributed by atoms with E-state index in [-0.39, 0.29) is 12.6 Å². The van der Waals surface area contributed by atoms with Crippen molar-refractivity contribution < 1.29 is 13.9 Å². The molecule has 3 rings (SSSR count). The topological polar surface area (TPSA) is 56.5 Å². The summed E-state index contributed by atoms with van der Waals surface area (Å²) in [6.45, 7) is 5.41. The van der Waals surface area contributed by atoms with Gasteiger partial charge in [-0.25, -0.2) is 4.79 Å². The van der Waals surface area contributed by atoms with Crippen molar-refractivity contribution in [3.05, 3.63) is 80.7 Å². The maximum absolute atomic E-state index is 12.6. The van der Waals surface area contributed by atoms with Gasteiger partial charge in [0.15, 0.2) is 0 Å². The van der Waals surface area contributed by atoms with Crippen LogP contribution >= 0.6 is 11.6 Å². The Morgan fingerprint density at radius 2 is 1.85 bits per heavy atom. The van der Waals surface area contributed by atoms with E-state index in [1.54, 1.807) is 12.1 Å². The number of halogens is 1. The van der Waals surface area contributed by atoms with Crippen LogP contribution in [0.2, 0.25) is 5.02 Å². The van der Waals surface area contributed by atoms with E-state index in [0.29, 0.717) is 21.6 Å². The highest BCUT2D eigenvalue weighted by Gasteiger charge is 2.31. The number of hydrogen-bond acceptors (Lipinski definition) is 4. The molecule has 134 valence electrons. The first-order valence-corrected chi connectivity index (χ1v) is 8.62. The van der Waals surface area contributed by atoms with E-state index < -0.39 is 11.0 Å². The van der Waals surface area contributed by atoms with E-state index in [1.165, 1.54) is 6.07 Å². The molecule has 26 heavy (non-hydrogen) atoms. The zero-order valence-corrected chi connectivity index (χ0v) is 15.6. The lowest BCUT2D eigenvalue weighted by atomic mass is 9.85. The largest absolute Gasteiger partial charge is 0.460 e. The normalized spacial score (nSPS) is 11.5. The van der Waals surface area contributed by atoms with Crippen molar-refractivity contribution in [2.45, 2.75) is 32.8 Å². The average molecular weight is 371 g/mol. The van der Waals surface area contributed by atoms with Gasteiger partial charge in [-0.1, -0.05) is 41.9 Å². The van der Waals surface area contributed by atoms with E-state index in [4.69, 9.17) is 20.8 Å². The number of aryl methyl sites for hydroxylation is 1. The van der Waals surface area contributed by atoms with Crippen LogP contribution in [0.5, 0.6) is 0 Å². The summed E-state index contributed by atoms with van der Waals surface area (Å²) in [6.07, 6.45) is 0. The third-order valence-corrected chi connectivity index (χ3v) is 4.88. The van der Waals surface area contributed by atoms with E-state index in [0.717, 1.165) is 11.1 Å². The summed E-state index contributed by atoms with van der Waals surface area (Å²) < 4.78 is 10.7. The lowest BCUT2D eigenvalue weighted by molar-refractivity contribution is -0.150. The highest BCUT2D eigenvalue weighted by molar-refractivity contribution is 6.32. The lowest BCUT2D eigenvalue weighted by Gasteiger charge is -2.23. The van der Waals surface area contributed by atoms with Crippen molar-refractivity contribution in [2.75, 3.05) is 0 Å². The molecule has 0 atom stereocenters. The predicted molar refractivity (Wildman–Crippen MR) is 101 cm³/mol. The van der Waals surface area contributed by atoms with Gasteiger partial charge >= 0.3 is 11.6 Å². The van der Waals surface area contributed by atoms with E-state index in [2.05, 4.69) is 0 Å². The van der Waals surface area contributed by atoms with E-state index in [1.807, 2.05) is 51.1 Å². The number of esters is 1. The van der Waals surface area contributed by atoms with Crippen LogP contribution in [-0.4, -0.2) is 5.97 Å². The second kappa shape index (κ2) is 6.96. The van der Waals surface area contributed by atoms with Crippen LogP contribution in [0.1, 0.15) is 30.5 Å². The standard InChI is InChI=1S/C21H19ClO4/c1-13-9-18-16(11-17(13)22)14(10-19(23)26-18)12-25-20(24)21(2,3)15-7-5-4-6-8-15/h4-11H,12H2,1-3H3. The third kappa shape index (κ3) is 3.51. The first-order chi connectivity index (χ1) is 12.3. The minimum absolute atomic E-state index is 0.0312. The van der Waals surface area contributed by atoms with Gasteiger partial charge in [-0.2, -0.15) is 0 Å². The highest BCUT2D eigenvalue weighted by Crippen LogP contribution is 2.28. The number of ether oxygens (including phenoxy) is 1. The van der Waals surface area contributed by atoms with Crippen LogP contribution in [-0.2, 0) is 21.6 Å². The fourth-order valence-electron chi connectivity index (χ4n) is 2.76. The van der Waals surface area contributed by atoms with Gasteiger partial charge in [-0.15, -0.1) is 0 Å².